The Hall–Kier alpha value is -0.0800. The van der Waals surface area contributed by atoms with E-state index >= 15 is 0 Å². The van der Waals surface area contributed by atoms with Crippen LogP contribution in [0.15, 0.2) is 22.5 Å². The highest BCUT2D eigenvalue weighted by Gasteiger charge is 2.10. The van der Waals surface area contributed by atoms with Gasteiger partial charge in [0.05, 0.1) is 5.03 Å². The summed E-state index contributed by atoms with van der Waals surface area (Å²) in [6.07, 6.45) is 2.39. The fraction of sp³-hybridized carbons (Fsp3) is 0.429. The molecule has 0 unspecified atom stereocenters. The Morgan fingerprint density at radius 2 is 2.08 bits per heavy atom. The maximum Gasteiger partial charge on any atom is 0.350 e. The molecular weight excluding hydrogens is 199 g/mol. The van der Waals surface area contributed by atoms with Crippen molar-refractivity contribution in [3.8, 4) is 0 Å². The van der Waals surface area contributed by atoms with Gasteiger partial charge in [0, 0.05) is 5.82 Å². The molecule has 0 bridgehead atoms. The average Bonchev–Trinajstić information content (AvgIpc) is 1.85. The Balaban J connectivity index is 4.70. The molecule has 0 heterocycles. The third kappa shape index (κ3) is 4.73. The molecule has 0 saturated carbocycles. The van der Waals surface area contributed by atoms with Gasteiger partial charge in [-0.15, -0.1) is 0 Å². The van der Waals surface area contributed by atoms with Crippen molar-refractivity contribution in [2.45, 2.75) is 20.3 Å². The molecule has 0 atom stereocenters. The van der Waals surface area contributed by atoms with Gasteiger partial charge < -0.3 is 9.79 Å². The quantitative estimate of drug-likeness (QED) is 0.556. The number of hydrogen-bond donors (Lipinski definition) is 2. The predicted molar refractivity (Wildman–Crippen MR) is 50.0 cm³/mol. The molecule has 0 saturated heterocycles. The van der Waals surface area contributed by atoms with Crippen LogP contribution in [0.25, 0.3) is 0 Å². The van der Waals surface area contributed by atoms with Crippen molar-refractivity contribution in [3.05, 3.63) is 22.5 Å². The molecule has 0 aliphatic heterocycles. The third-order valence-electron chi connectivity index (χ3n) is 1.32. The van der Waals surface area contributed by atoms with Crippen LogP contribution in [0.3, 0.4) is 0 Å². The van der Waals surface area contributed by atoms with Crippen LogP contribution in [0.5, 0.6) is 0 Å². The smallest absolute Gasteiger partial charge is 0.321 e. The van der Waals surface area contributed by atoms with Crippen LogP contribution in [0.1, 0.15) is 20.3 Å². The van der Waals surface area contributed by atoms with Crippen molar-refractivity contribution in [1.29, 1.82) is 0 Å². The SMILES string of the molecule is C/C=C(CC)\C(Cl)=C\P(=O)(O)O. The lowest BCUT2D eigenvalue weighted by Crippen LogP contribution is -1.81. The molecule has 5 heteroatoms. The van der Waals surface area contributed by atoms with Crippen LogP contribution < -0.4 is 0 Å². The average molecular weight is 211 g/mol. The van der Waals surface area contributed by atoms with Gasteiger partial charge in [-0.05, 0) is 18.9 Å². The largest absolute Gasteiger partial charge is 0.350 e. The van der Waals surface area contributed by atoms with Gasteiger partial charge in [0.25, 0.3) is 0 Å². The first-order valence-electron chi connectivity index (χ1n) is 3.50. The maximum atomic E-state index is 10.5. The van der Waals surface area contributed by atoms with E-state index in [4.69, 9.17) is 21.4 Å². The fourth-order valence-electron chi connectivity index (χ4n) is 0.741. The number of hydrogen-bond acceptors (Lipinski definition) is 1. The van der Waals surface area contributed by atoms with Gasteiger partial charge >= 0.3 is 7.60 Å². The molecule has 0 rings (SSSR count). The summed E-state index contributed by atoms with van der Waals surface area (Å²) >= 11 is 5.63. The van der Waals surface area contributed by atoms with E-state index in [9.17, 15) is 4.57 Å². The first kappa shape index (κ1) is 11.9. The highest BCUT2D eigenvalue weighted by molar-refractivity contribution is 7.55. The molecule has 2 N–H and O–H groups in total. The Labute approximate surface area is 76.9 Å². The Bertz CT molecular complexity index is 251. The van der Waals surface area contributed by atoms with Crippen LogP contribution in [-0.4, -0.2) is 9.79 Å². The second-order valence-electron chi connectivity index (χ2n) is 2.23. The summed E-state index contributed by atoms with van der Waals surface area (Å²) < 4.78 is 10.5. The van der Waals surface area contributed by atoms with Crippen molar-refractivity contribution >= 4 is 19.2 Å². The second-order valence-corrected chi connectivity index (χ2v) is 4.08. The molecule has 0 radical (unpaired) electrons. The lowest BCUT2D eigenvalue weighted by atomic mass is 10.2. The second kappa shape index (κ2) is 4.83. The van der Waals surface area contributed by atoms with Crippen LogP contribution in [0.4, 0.5) is 0 Å². The monoisotopic (exact) mass is 210 g/mol. The van der Waals surface area contributed by atoms with E-state index in [1.807, 2.05) is 6.92 Å². The molecule has 12 heavy (non-hydrogen) atoms. The lowest BCUT2D eigenvalue weighted by molar-refractivity contribution is 0.386. The van der Waals surface area contributed by atoms with Gasteiger partial charge in [0.1, 0.15) is 0 Å². The van der Waals surface area contributed by atoms with E-state index in [0.717, 1.165) is 11.4 Å². The van der Waals surface area contributed by atoms with E-state index in [-0.39, 0.29) is 5.03 Å². The molecule has 0 amide bonds. The van der Waals surface area contributed by atoms with Gasteiger partial charge in [-0.2, -0.15) is 0 Å². The van der Waals surface area contributed by atoms with Crippen molar-refractivity contribution in [1.82, 2.24) is 0 Å². The topological polar surface area (TPSA) is 57.5 Å². The molecule has 3 nitrogen and oxygen atoms in total. The van der Waals surface area contributed by atoms with Crippen LogP contribution in [0.2, 0.25) is 0 Å². The normalized spacial score (nSPS) is 15.1. The first-order valence-corrected chi connectivity index (χ1v) is 5.55. The maximum absolute atomic E-state index is 10.5. The van der Waals surface area contributed by atoms with E-state index in [0.29, 0.717) is 6.42 Å². The molecule has 0 fully saturated rings. The van der Waals surface area contributed by atoms with Gasteiger partial charge in [-0.25, -0.2) is 0 Å². The summed E-state index contributed by atoms with van der Waals surface area (Å²) in [5, 5.41) is 0.133. The summed E-state index contributed by atoms with van der Waals surface area (Å²) in [4.78, 5) is 17.1. The number of halogens is 1. The van der Waals surface area contributed by atoms with Crippen LogP contribution in [0, 0.1) is 0 Å². The van der Waals surface area contributed by atoms with Crippen molar-refractivity contribution in [3.63, 3.8) is 0 Å². The minimum absolute atomic E-state index is 0.133. The van der Waals surface area contributed by atoms with E-state index in [1.165, 1.54) is 0 Å². The van der Waals surface area contributed by atoms with Crippen LogP contribution >= 0.6 is 19.2 Å². The van der Waals surface area contributed by atoms with Crippen molar-refractivity contribution in [2.24, 2.45) is 0 Å². The lowest BCUT2D eigenvalue weighted by Gasteiger charge is -2.02. The molecule has 0 aliphatic carbocycles. The zero-order valence-electron chi connectivity index (χ0n) is 6.99. The minimum atomic E-state index is -4.14. The highest BCUT2D eigenvalue weighted by atomic mass is 35.5. The molecule has 0 aromatic heterocycles. The van der Waals surface area contributed by atoms with E-state index in [1.54, 1.807) is 13.0 Å². The Morgan fingerprint density at radius 1 is 1.58 bits per heavy atom. The summed E-state index contributed by atoms with van der Waals surface area (Å²) in [7, 11) is -4.14. The van der Waals surface area contributed by atoms with E-state index in [2.05, 4.69) is 0 Å². The molecule has 0 aliphatic rings. The zero-order valence-corrected chi connectivity index (χ0v) is 8.64. The third-order valence-corrected chi connectivity index (χ3v) is 2.42. The predicted octanol–water partition coefficient (Wildman–Crippen LogP) is 2.60. The number of allylic oxidation sites excluding steroid dienone is 3. The summed E-state index contributed by atoms with van der Waals surface area (Å²) in [6, 6.07) is 0. The number of rotatable bonds is 3. The standard InChI is InChI=1S/C7H12ClO3P/c1-3-6(4-2)7(8)5-12(9,10)11/h3,5H,4H2,1-2H3,(H2,9,10,11)/b6-3-,7-5-. The van der Waals surface area contributed by atoms with Gasteiger partial charge in [-0.3, -0.25) is 4.57 Å². The fourth-order valence-corrected chi connectivity index (χ4v) is 1.83. The van der Waals surface area contributed by atoms with Gasteiger partial charge in [-0.1, -0.05) is 24.6 Å². The molecule has 0 aromatic carbocycles. The molecular formula is C7H12ClO3P. The van der Waals surface area contributed by atoms with Crippen molar-refractivity contribution in [2.75, 3.05) is 0 Å². The Morgan fingerprint density at radius 3 is 2.33 bits per heavy atom. The minimum Gasteiger partial charge on any atom is -0.321 e. The summed E-state index contributed by atoms with van der Waals surface area (Å²) in [6.45, 7) is 3.64. The van der Waals surface area contributed by atoms with E-state index < -0.39 is 7.60 Å². The Kier molecular flexibility index (Phi) is 4.80. The van der Waals surface area contributed by atoms with Gasteiger partial charge in [0.15, 0.2) is 0 Å². The summed E-state index contributed by atoms with van der Waals surface area (Å²) in [5.74, 6) is 0.771. The van der Waals surface area contributed by atoms with Gasteiger partial charge in [0.2, 0.25) is 0 Å². The molecule has 70 valence electrons. The highest BCUT2D eigenvalue weighted by Crippen LogP contribution is 2.40. The van der Waals surface area contributed by atoms with Crippen molar-refractivity contribution < 1.29 is 14.4 Å². The first-order chi connectivity index (χ1) is 5.40. The molecule has 0 aromatic rings. The molecule has 0 spiro atoms. The summed E-state index contributed by atoms with van der Waals surface area (Å²) in [5.41, 5.74) is 0.736. The zero-order chi connectivity index (χ0) is 9.78. The van der Waals surface area contributed by atoms with Crippen LogP contribution in [-0.2, 0) is 4.57 Å².